The van der Waals surface area contributed by atoms with E-state index in [9.17, 15) is 4.79 Å². The third-order valence-corrected chi connectivity index (χ3v) is 4.35. The summed E-state index contributed by atoms with van der Waals surface area (Å²) in [5.74, 6) is 0.707. The maximum Gasteiger partial charge on any atom is 0.303 e. The number of carboxylic acids is 1. The minimum Gasteiger partial charge on any atom is -0.481 e. The summed E-state index contributed by atoms with van der Waals surface area (Å²) in [6.45, 7) is 4.55. The Bertz CT molecular complexity index is 939. The lowest BCUT2D eigenvalue weighted by molar-refractivity contribution is -0.137. The van der Waals surface area contributed by atoms with Gasteiger partial charge in [-0.05, 0) is 37.5 Å². The fraction of sp³-hybridized carbons (Fsp3) is 0.316. The van der Waals surface area contributed by atoms with Gasteiger partial charge in [-0.2, -0.15) is 0 Å². The van der Waals surface area contributed by atoms with Crippen molar-refractivity contribution in [2.45, 2.75) is 26.7 Å². The highest BCUT2D eigenvalue weighted by atomic mass is 35.5. The van der Waals surface area contributed by atoms with E-state index in [1.165, 1.54) is 0 Å². The third kappa shape index (κ3) is 4.32. The number of anilines is 1. The van der Waals surface area contributed by atoms with Gasteiger partial charge >= 0.3 is 5.97 Å². The zero-order valence-electron chi connectivity index (χ0n) is 14.6. The Morgan fingerprint density at radius 2 is 2.15 bits per heavy atom. The molecule has 2 N–H and O–H groups in total. The summed E-state index contributed by atoms with van der Waals surface area (Å²) in [6.07, 6.45) is 2.41. The van der Waals surface area contributed by atoms with Gasteiger partial charge in [0.2, 0.25) is 0 Å². The second kappa shape index (κ2) is 7.74. The highest BCUT2D eigenvalue weighted by molar-refractivity contribution is 6.31. The van der Waals surface area contributed by atoms with Crippen LogP contribution in [0.2, 0.25) is 5.02 Å². The number of rotatable bonds is 7. The number of furan rings is 1. The maximum absolute atomic E-state index is 10.7. The van der Waals surface area contributed by atoms with Crippen LogP contribution in [0.3, 0.4) is 0 Å². The van der Waals surface area contributed by atoms with Crippen LogP contribution >= 0.6 is 11.6 Å². The number of hydrogen-bond acceptors (Lipinski definition) is 5. The summed E-state index contributed by atoms with van der Waals surface area (Å²) < 4.78 is 5.58. The molecule has 1 unspecified atom stereocenters. The highest BCUT2D eigenvalue weighted by Crippen LogP contribution is 2.31. The van der Waals surface area contributed by atoms with Crippen molar-refractivity contribution in [2.24, 2.45) is 5.92 Å². The number of nitrogens with zero attached hydrogens (tertiary/aromatic N) is 2. The Labute approximate surface area is 156 Å². The van der Waals surface area contributed by atoms with Crippen molar-refractivity contribution >= 4 is 34.4 Å². The number of nitrogens with one attached hydrogen (secondary N) is 1. The molecule has 0 fully saturated rings. The van der Waals surface area contributed by atoms with Crippen LogP contribution in [0.15, 0.2) is 34.9 Å². The molecule has 3 aromatic rings. The summed E-state index contributed by atoms with van der Waals surface area (Å²) in [7, 11) is 0. The lowest BCUT2D eigenvalue weighted by atomic mass is 10.1. The van der Waals surface area contributed by atoms with E-state index in [2.05, 4.69) is 15.3 Å². The molecule has 1 atom stereocenters. The molecule has 0 saturated heterocycles. The number of aryl methyl sites for hydroxylation is 1. The third-order valence-electron chi connectivity index (χ3n) is 4.11. The molecule has 0 bridgehead atoms. The number of fused-ring (bicyclic) bond motifs is 1. The summed E-state index contributed by atoms with van der Waals surface area (Å²) in [5.41, 5.74) is 2.34. The number of halogens is 1. The molecule has 26 heavy (non-hydrogen) atoms. The van der Waals surface area contributed by atoms with Gasteiger partial charge in [-0.3, -0.25) is 4.79 Å². The summed E-state index contributed by atoms with van der Waals surface area (Å²) in [4.78, 5) is 19.8. The fourth-order valence-corrected chi connectivity index (χ4v) is 2.88. The SMILES string of the molecule is Cc1cc(NCC(C)CCC(=O)O)nc(-c2coc3ccc(Cl)cc23)n1. The first-order valence-corrected chi connectivity index (χ1v) is 8.78. The minimum absolute atomic E-state index is 0.165. The molecule has 3 rings (SSSR count). The van der Waals surface area contributed by atoms with Gasteiger partial charge < -0.3 is 14.8 Å². The molecule has 0 aliphatic carbocycles. The minimum atomic E-state index is -0.775. The van der Waals surface area contributed by atoms with Crippen molar-refractivity contribution in [3.05, 3.63) is 41.2 Å². The van der Waals surface area contributed by atoms with Crippen LogP contribution in [0.5, 0.6) is 0 Å². The second-order valence-corrected chi connectivity index (χ2v) is 6.86. The first-order valence-electron chi connectivity index (χ1n) is 8.41. The van der Waals surface area contributed by atoms with E-state index in [1.54, 1.807) is 12.3 Å². The van der Waals surface area contributed by atoms with E-state index in [1.807, 2.05) is 32.0 Å². The molecule has 0 saturated carbocycles. The van der Waals surface area contributed by atoms with Crippen LogP contribution in [0, 0.1) is 12.8 Å². The Hall–Kier alpha value is -2.60. The normalized spacial score (nSPS) is 12.3. The van der Waals surface area contributed by atoms with Crippen molar-refractivity contribution in [2.75, 3.05) is 11.9 Å². The van der Waals surface area contributed by atoms with Gasteiger partial charge in [-0.1, -0.05) is 18.5 Å². The number of aliphatic carboxylic acids is 1. The first-order chi connectivity index (χ1) is 12.4. The van der Waals surface area contributed by atoms with Gasteiger partial charge in [0.15, 0.2) is 5.82 Å². The van der Waals surface area contributed by atoms with Crippen molar-refractivity contribution in [3.63, 3.8) is 0 Å². The number of carbonyl (C=O) groups is 1. The molecule has 136 valence electrons. The summed E-state index contributed by atoms with van der Waals surface area (Å²) in [6, 6.07) is 7.30. The van der Waals surface area contributed by atoms with E-state index in [0.717, 1.165) is 22.2 Å². The molecule has 0 aliphatic heterocycles. The van der Waals surface area contributed by atoms with Gasteiger partial charge in [0.1, 0.15) is 17.7 Å². The van der Waals surface area contributed by atoms with Crippen molar-refractivity contribution in [1.29, 1.82) is 0 Å². The number of aromatic nitrogens is 2. The van der Waals surface area contributed by atoms with Gasteiger partial charge in [0.05, 0.1) is 5.56 Å². The number of hydrogen-bond donors (Lipinski definition) is 2. The second-order valence-electron chi connectivity index (χ2n) is 6.43. The standard InChI is InChI=1S/C19H20ClN3O3/c1-11(3-6-18(24)25)9-21-17-7-12(2)22-19(23-17)15-10-26-16-5-4-13(20)8-14(15)16/h4-5,7-8,10-11H,3,6,9H2,1-2H3,(H,24,25)(H,21,22,23). The fourth-order valence-electron chi connectivity index (χ4n) is 2.70. The van der Waals surface area contributed by atoms with Crippen LogP contribution in [0.4, 0.5) is 5.82 Å². The molecule has 0 radical (unpaired) electrons. The Kier molecular flexibility index (Phi) is 5.42. The predicted molar refractivity (Wildman–Crippen MR) is 102 cm³/mol. The lowest BCUT2D eigenvalue weighted by Crippen LogP contribution is -2.14. The van der Waals surface area contributed by atoms with Crippen LogP contribution in [0.25, 0.3) is 22.4 Å². The molecular weight excluding hydrogens is 354 g/mol. The molecule has 2 heterocycles. The van der Waals surface area contributed by atoms with E-state index in [-0.39, 0.29) is 12.3 Å². The van der Waals surface area contributed by atoms with Crippen molar-refractivity contribution in [3.8, 4) is 11.4 Å². The molecule has 7 heteroatoms. The number of carboxylic acid groups (broad SMARTS) is 1. The highest BCUT2D eigenvalue weighted by Gasteiger charge is 2.13. The topological polar surface area (TPSA) is 88.2 Å². The zero-order valence-corrected chi connectivity index (χ0v) is 15.4. The Balaban J connectivity index is 1.81. The van der Waals surface area contributed by atoms with Crippen LogP contribution < -0.4 is 5.32 Å². The zero-order chi connectivity index (χ0) is 18.7. The van der Waals surface area contributed by atoms with E-state index >= 15 is 0 Å². The van der Waals surface area contributed by atoms with Crippen molar-refractivity contribution in [1.82, 2.24) is 9.97 Å². The van der Waals surface area contributed by atoms with Gasteiger partial charge in [-0.25, -0.2) is 9.97 Å². The smallest absolute Gasteiger partial charge is 0.303 e. The average Bonchev–Trinajstić information content (AvgIpc) is 3.00. The van der Waals surface area contributed by atoms with E-state index in [0.29, 0.717) is 29.6 Å². The van der Waals surface area contributed by atoms with E-state index in [4.69, 9.17) is 21.1 Å². The van der Waals surface area contributed by atoms with Gasteiger partial charge in [0.25, 0.3) is 0 Å². The van der Waals surface area contributed by atoms with Crippen LogP contribution in [-0.4, -0.2) is 27.6 Å². The predicted octanol–water partition coefficient (Wildman–Crippen LogP) is 4.76. The first kappa shape index (κ1) is 18.2. The Morgan fingerprint density at radius 3 is 2.92 bits per heavy atom. The molecule has 0 spiro atoms. The Morgan fingerprint density at radius 1 is 1.35 bits per heavy atom. The van der Waals surface area contributed by atoms with Crippen LogP contribution in [-0.2, 0) is 4.79 Å². The molecule has 6 nitrogen and oxygen atoms in total. The molecule has 0 aliphatic rings. The van der Waals surface area contributed by atoms with E-state index < -0.39 is 5.97 Å². The quantitative estimate of drug-likeness (QED) is 0.620. The summed E-state index contributed by atoms with van der Waals surface area (Å²) in [5, 5.41) is 13.5. The molecular formula is C19H20ClN3O3. The van der Waals surface area contributed by atoms with Crippen LogP contribution in [0.1, 0.15) is 25.5 Å². The summed E-state index contributed by atoms with van der Waals surface area (Å²) >= 11 is 6.10. The molecule has 2 aromatic heterocycles. The monoisotopic (exact) mass is 373 g/mol. The van der Waals surface area contributed by atoms with Gasteiger partial charge in [-0.15, -0.1) is 0 Å². The number of benzene rings is 1. The van der Waals surface area contributed by atoms with Gasteiger partial charge in [0, 0.05) is 35.1 Å². The largest absolute Gasteiger partial charge is 0.481 e. The molecule has 0 amide bonds. The average molecular weight is 374 g/mol. The molecule has 1 aromatic carbocycles. The lowest BCUT2D eigenvalue weighted by Gasteiger charge is -2.13. The van der Waals surface area contributed by atoms with Crippen molar-refractivity contribution < 1.29 is 14.3 Å². The maximum atomic E-state index is 10.7.